The molecule has 0 aliphatic carbocycles. The van der Waals surface area contributed by atoms with Crippen molar-refractivity contribution in [3.8, 4) is 11.5 Å². The van der Waals surface area contributed by atoms with E-state index in [9.17, 15) is 0 Å². The first kappa shape index (κ1) is 15.8. The highest BCUT2D eigenvalue weighted by molar-refractivity contribution is 5.53. The van der Waals surface area contributed by atoms with Crippen LogP contribution in [0.15, 0.2) is 6.07 Å². The zero-order chi connectivity index (χ0) is 14.6. The molecule has 1 rings (SSSR count). The molecule has 0 aromatic heterocycles. The third-order valence-corrected chi connectivity index (χ3v) is 3.84. The molecular weight excluding hydrogens is 240 g/mol. The van der Waals surface area contributed by atoms with E-state index < -0.39 is 0 Å². The standard InChI is InChI=1S/C15H26N2O2/c1-9(6-7-16)14(17)12-8-13(18-4)10(2)11(3)15(12)19-5/h8-9,14H,6-7,16-17H2,1-5H3. The summed E-state index contributed by atoms with van der Waals surface area (Å²) in [5, 5.41) is 0. The highest BCUT2D eigenvalue weighted by Gasteiger charge is 2.22. The monoisotopic (exact) mass is 266 g/mol. The summed E-state index contributed by atoms with van der Waals surface area (Å²) in [6, 6.07) is 1.88. The average molecular weight is 266 g/mol. The first-order chi connectivity index (χ1) is 8.97. The zero-order valence-electron chi connectivity index (χ0n) is 12.6. The number of ether oxygens (including phenoxy) is 2. The summed E-state index contributed by atoms with van der Waals surface area (Å²) in [6.07, 6.45) is 0.888. The number of benzene rings is 1. The Morgan fingerprint density at radius 1 is 1.16 bits per heavy atom. The number of rotatable bonds is 6. The van der Waals surface area contributed by atoms with Gasteiger partial charge in [0.2, 0.25) is 0 Å². The summed E-state index contributed by atoms with van der Waals surface area (Å²) < 4.78 is 11.0. The lowest BCUT2D eigenvalue weighted by atomic mass is 9.89. The van der Waals surface area contributed by atoms with E-state index >= 15 is 0 Å². The fraction of sp³-hybridized carbons (Fsp3) is 0.600. The van der Waals surface area contributed by atoms with Gasteiger partial charge in [-0.15, -0.1) is 0 Å². The van der Waals surface area contributed by atoms with Gasteiger partial charge in [-0.25, -0.2) is 0 Å². The van der Waals surface area contributed by atoms with Crippen molar-refractivity contribution in [2.45, 2.75) is 33.2 Å². The van der Waals surface area contributed by atoms with Gasteiger partial charge in [0.25, 0.3) is 0 Å². The zero-order valence-corrected chi connectivity index (χ0v) is 12.6. The molecule has 0 aliphatic rings. The van der Waals surface area contributed by atoms with Crippen molar-refractivity contribution in [2.75, 3.05) is 20.8 Å². The molecule has 108 valence electrons. The van der Waals surface area contributed by atoms with Gasteiger partial charge >= 0.3 is 0 Å². The summed E-state index contributed by atoms with van der Waals surface area (Å²) in [7, 11) is 3.35. The normalized spacial score (nSPS) is 14.1. The quantitative estimate of drug-likeness (QED) is 0.829. The number of hydrogen-bond donors (Lipinski definition) is 2. The van der Waals surface area contributed by atoms with Gasteiger partial charge in [0.15, 0.2) is 0 Å². The Hall–Kier alpha value is -1.26. The van der Waals surface area contributed by atoms with Gasteiger partial charge in [-0.2, -0.15) is 0 Å². The predicted molar refractivity (Wildman–Crippen MR) is 78.8 cm³/mol. The lowest BCUT2D eigenvalue weighted by Gasteiger charge is -2.24. The Morgan fingerprint density at radius 3 is 2.26 bits per heavy atom. The SMILES string of the molecule is COc1cc(C(N)C(C)CCN)c(OC)c(C)c1C. The topological polar surface area (TPSA) is 70.5 Å². The summed E-state index contributed by atoms with van der Waals surface area (Å²) in [4.78, 5) is 0. The van der Waals surface area contributed by atoms with Crippen LogP contribution >= 0.6 is 0 Å². The van der Waals surface area contributed by atoms with Crippen LogP contribution in [0.5, 0.6) is 11.5 Å². The second-order valence-corrected chi connectivity index (χ2v) is 5.03. The van der Waals surface area contributed by atoms with Crippen LogP contribution in [0, 0.1) is 19.8 Å². The number of nitrogens with two attached hydrogens (primary N) is 2. The van der Waals surface area contributed by atoms with E-state index in [4.69, 9.17) is 20.9 Å². The Morgan fingerprint density at radius 2 is 1.79 bits per heavy atom. The van der Waals surface area contributed by atoms with Crippen molar-refractivity contribution in [2.24, 2.45) is 17.4 Å². The molecule has 1 aromatic rings. The van der Waals surface area contributed by atoms with E-state index in [1.165, 1.54) is 0 Å². The van der Waals surface area contributed by atoms with E-state index in [0.717, 1.165) is 34.6 Å². The minimum absolute atomic E-state index is 0.105. The summed E-state index contributed by atoms with van der Waals surface area (Å²) in [5.41, 5.74) is 15.1. The Labute approximate surface area is 116 Å². The van der Waals surface area contributed by atoms with Gasteiger partial charge in [-0.05, 0) is 49.9 Å². The molecule has 0 saturated carbocycles. The molecule has 2 unspecified atom stereocenters. The van der Waals surface area contributed by atoms with Gasteiger partial charge in [0.1, 0.15) is 11.5 Å². The molecule has 4 heteroatoms. The van der Waals surface area contributed by atoms with Crippen molar-refractivity contribution in [1.82, 2.24) is 0 Å². The van der Waals surface area contributed by atoms with Crippen LogP contribution in [0.2, 0.25) is 0 Å². The van der Waals surface area contributed by atoms with E-state index in [2.05, 4.69) is 6.92 Å². The van der Waals surface area contributed by atoms with Gasteiger partial charge < -0.3 is 20.9 Å². The van der Waals surface area contributed by atoms with Crippen molar-refractivity contribution in [1.29, 1.82) is 0 Å². The van der Waals surface area contributed by atoms with Gasteiger partial charge in [-0.1, -0.05) is 6.92 Å². The smallest absolute Gasteiger partial charge is 0.127 e. The summed E-state index contributed by atoms with van der Waals surface area (Å²) >= 11 is 0. The molecule has 0 amide bonds. The maximum atomic E-state index is 6.35. The third-order valence-electron chi connectivity index (χ3n) is 3.84. The molecule has 0 heterocycles. The summed E-state index contributed by atoms with van der Waals surface area (Å²) in [5.74, 6) is 2.00. The van der Waals surface area contributed by atoms with Crippen LogP contribution in [0.25, 0.3) is 0 Å². The first-order valence-corrected chi connectivity index (χ1v) is 6.65. The minimum Gasteiger partial charge on any atom is -0.496 e. The van der Waals surface area contributed by atoms with Crippen molar-refractivity contribution < 1.29 is 9.47 Å². The highest BCUT2D eigenvalue weighted by Crippen LogP contribution is 2.38. The third kappa shape index (κ3) is 3.19. The van der Waals surface area contributed by atoms with Crippen molar-refractivity contribution in [3.63, 3.8) is 0 Å². The van der Waals surface area contributed by atoms with Crippen molar-refractivity contribution in [3.05, 3.63) is 22.8 Å². The fourth-order valence-corrected chi connectivity index (χ4v) is 2.37. The first-order valence-electron chi connectivity index (χ1n) is 6.65. The Balaban J connectivity index is 3.28. The lowest BCUT2D eigenvalue weighted by molar-refractivity contribution is 0.374. The van der Waals surface area contributed by atoms with E-state index in [-0.39, 0.29) is 6.04 Å². The molecular formula is C15H26N2O2. The van der Waals surface area contributed by atoms with Crippen LogP contribution in [0.4, 0.5) is 0 Å². The minimum atomic E-state index is -0.105. The van der Waals surface area contributed by atoms with Crippen LogP contribution < -0.4 is 20.9 Å². The summed E-state index contributed by atoms with van der Waals surface area (Å²) in [6.45, 7) is 6.80. The molecule has 4 N–H and O–H groups in total. The van der Waals surface area contributed by atoms with Crippen LogP contribution in [0.3, 0.4) is 0 Å². The molecule has 0 aliphatic heterocycles. The molecule has 0 bridgehead atoms. The average Bonchev–Trinajstić information content (AvgIpc) is 2.41. The van der Waals surface area contributed by atoms with Gasteiger partial charge in [0.05, 0.1) is 14.2 Å². The maximum absolute atomic E-state index is 6.35. The maximum Gasteiger partial charge on any atom is 0.127 e. The molecule has 19 heavy (non-hydrogen) atoms. The second kappa shape index (κ2) is 6.78. The largest absolute Gasteiger partial charge is 0.496 e. The highest BCUT2D eigenvalue weighted by atomic mass is 16.5. The van der Waals surface area contributed by atoms with Crippen molar-refractivity contribution >= 4 is 0 Å². The van der Waals surface area contributed by atoms with Gasteiger partial charge in [0, 0.05) is 11.6 Å². The predicted octanol–water partition coefficient (Wildman–Crippen LogP) is 2.31. The fourth-order valence-electron chi connectivity index (χ4n) is 2.37. The number of hydrogen-bond acceptors (Lipinski definition) is 4. The van der Waals surface area contributed by atoms with E-state index in [1.54, 1.807) is 14.2 Å². The molecule has 1 aromatic carbocycles. The van der Waals surface area contributed by atoms with E-state index in [1.807, 2.05) is 19.9 Å². The molecule has 2 atom stereocenters. The Kier molecular flexibility index (Phi) is 5.63. The Bertz CT molecular complexity index is 433. The number of methoxy groups -OCH3 is 2. The molecule has 0 radical (unpaired) electrons. The van der Waals surface area contributed by atoms with Crippen LogP contribution in [-0.4, -0.2) is 20.8 Å². The second-order valence-electron chi connectivity index (χ2n) is 5.03. The van der Waals surface area contributed by atoms with Gasteiger partial charge in [-0.3, -0.25) is 0 Å². The van der Waals surface area contributed by atoms with Crippen LogP contribution in [-0.2, 0) is 0 Å². The lowest BCUT2D eigenvalue weighted by Crippen LogP contribution is -2.22. The van der Waals surface area contributed by atoms with E-state index in [0.29, 0.717) is 12.5 Å². The molecule has 0 fully saturated rings. The molecule has 0 spiro atoms. The van der Waals surface area contributed by atoms with Crippen LogP contribution in [0.1, 0.15) is 36.1 Å². The molecule has 4 nitrogen and oxygen atoms in total. The molecule has 0 saturated heterocycles.